The van der Waals surface area contributed by atoms with E-state index in [4.69, 9.17) is 27.9 Å². The Labute approximate surface area is 170 Å². The molecule has 2 aromatic rings. The number of ether oxygens (including phenoxy) is 1. The minimum atomic E-state index is -0.367. The van der Waals surface area contributed by atoms with Gasteiger partial charge in [0.15, 0.2) is 6.61 Å². The highest BCUT2D eigenvalue weighted by molar-refractivity contribution is 9.10. The maximum Gasteiger partial charge on any atom is 0.277 e. The monoisotopic (exact) mass is 454 g/mol. The molecule has 0 aliphatic heterocycles. The van der Waals surface area contributed by atoms with Crippen molar-refractivity contribution < 1.29 is 9.53 Å². The van der Waals surface area contributed by atoms with Gasteiger partial charge in [-0.1, -0.05) is 35.3 Å². The van der Waals surface area contributed by atoms with Crippen LogP contribution in [0.25, 0.3) is 0 Å². The van der Waals surface area contributed by atoms with E-state index >= 15 is 0 Å². The third kappa shape index (κ3) is 4.58. The lowest BCUT2D eigenvalue weighted by Crippen LogP contribution is -2.24. The summed E-state index contributed by atoms with van der Waals surface area (Å²) in [6.45, 7) is -0.134. The van der Waals surface area contributed by atoms with Gasteiger partial charge in [0.05, 0.1) is 20.7 Å². The molecule has 0 radical (unpaired) electrons. The van der Waals surface area contributed by atoms with E-state index in [-0.39, 0.29) is 12.5 Å². The summed E-state index contributed by atoms with van der Waals surface area (Å²) in [7, 11) is 0. The number of benzene rings is 2. The molecule has 4 nitrogen and oxygen atoms in total. The van der Waals surface area contributed by atoms with Gasteiger partial charge < -0.3 is 4.74 Å². The first-order valence-corrected chi connectivity index (χ1v) is 9.80. The molecule has 3 rings (SSSR count). The second kappa shape index (κ2) is 8.89. The molecule has 0 atom stereocenters. The Morgan fingerprint density at radius 2 is 1.92 bits per heavy atom. The Morgan fingerprint density at radius 3 is 2.69 bits per heavy atom. The van der Waals surface area contributed by atoms with E-state index in [1.165, 1.54) is 30.2 Å². The van der Waals surface area contributed by atoms with Gasteiger partial charge >= 0.3 is 0 Å². The zero-order valence-corrected chi connectivity index (χ0v) is 17.0. The molecule has 1 N–H and O–H groups in total. The molecule has 1 aliphatic rings. The standard InChI is InChI=1S/C19H17BrCl2N2O2/c20-19-13-5-2-1-4-12(13)8-9-17(19)26-11-18(25)24-23-10-14-15(21)6-3-7-16(14)22/h3,6-10H,1-2,4-5,11H2,(H,24,25)/b23-10-. The number of nitrogens with zero attached hydrogens (tertiary/aromatic N) is 1. The van der Waals surface area contributed by atoms with Gasteiger partial charge in [0.25, 0.3) is 5.91 Å². The molecule has 0 spiro atoms. The summed E-state index contributed by atoms with van der Waals surface area (Å²) in [6.07, 6.45) is 5.93. The van der Waals surface area contributed by atoms with Crippen LogP contribution in [0.4, 0.5) is 0 Å². The van der Waals surface area contributed by atoms with Gasteiger partial charge in [-0.2, -0.15) is 5.10 Å². The van der Waals surface area contributed by atoms with E-state index in [0.717, 1.165) is 17.3 Å². The molecule has 0 heterocycles. The molecule has 26 heavy (non-hydrogen) atoms. The quantitative estimate of drug-likeness (QED) is 0.499. The number of carbonyl (C=O) groups excluding carboxylic acids is 1. The summed E-state index contributed by atoms with van der Waals surface area (Å²) in [5.41, 5.74) is 5.59. The van der Waals surface area contributed by atoms with Crippen molar-refractivity contribution in [3.8, 4) is 5.75 Å². The number of aryl methyl sites for hydroxylation is 1. The Morgan fingerprint density at radius 1 is 1.19 bits per heavy atom. The van der Waals surface area contributed by atoms with Crippen LogP contribution in [-0.2, 0) is 17.6 Å². The van der Waals surface area contributed by atoms with Crippen LogP contribution in [0, 0.1) is 0 Å². The molecule has 0 saturated heterocycles. The van der Waals surface area contributed by atoms with Gasteiger partial charge in [0, 0.05) is 5.56 Å². The maximum atomic E-state index is 11.9. The fraction of sp³-hybridized carbons (Fsp3) is 0.263. The van der Waals surface area contributed by atoms with Crippen LogP contribution < -0.4 is 10.2 Å². The Hall–Kier alpha value is -1.56. The van der Waals surface area contributed by atoms with Crippen molar-refractivity contribution in [2.24, 2.45) is 5.10 Å². The third-order valence-electron chi connectivity index (χ3n) is 4.17. The number of nitrogens with one attached hydrogen (secondary N) is 1. The first-order chi connectivity index (χ1) is 12.6. The Bertz CT molecular complexity index is 835. The molecule has 0 saturated carbocycles. The number of fused-ring (bicyclic) bond motifs is 1. The van der Waals surface area contributed by atoms with E-state index < -0.39 is 0 Å². The van der Waals surface area contributed by atoms with Gasteiger partial charge in [0.1, 0.15) is 5.75 Å². The van der Waals surface area contributed by atoms with Crippen LogP contribution in [0.2, 0.25) is 10.0 Å². The molecule has 1 aliphatic carbocycles. The number of halogens is 3. The van der Waals surface area contributed by atoms with Crippen molar-refractivity contribution in [2.75, 3.05) is 6.61 Å². The first kappa shape index (κ1) is 19.2. The number of hydrogen-bond donors (Lipinski definition) is 1. The summed E-state index contributed by atoms with van der Waals surface area (Å²) >= 11 is 15.7. The van der Waals surface area contributed by atoms with Crippen molar-refractivity contribution in [1.82, 2.24) is 5.43 Å². The number of amides is 1. The average molecular weight is 456 g/mol. The minimum absolute atomic E-state index is 0.134. The second-order valence-electron chi connectivity index (χ2n) is 5.94. The second-order valence-corrected chi connectivity index (χ2v) is 7.55. The molecular weight excluding hydrogens is 439 g/mol. The van der Waals surface area contributed by atoms with E-state index in [9.17, 15) is 4.79 Å². The first-order valence-electron chi connectivity index (χ1n) is 8.25. The Balaban J connectivity index is 1.57. The molecule has 0 fully saturated rings. The van der Waals surface area contributed by atoms with Crippen LogP contribution in [-0.4, -0.2) is 18.7 Å². The summed E-state index contributed by atoms with van der Waals surface area (Å²) < 4.78 is 6.57. The lowest BCUT2D eigenvalue weighted by Gasteiger charge is -2.19. The number of hydrogen-bond acceptors (Lipinski definition) is 3. The van der Waals surface area contributed by atoms with Gasteiger partial charge in [-0.3, -0.25) is 4.79 Å². The summed E-state index contributed by atoms with van der Waals surface area (Å²) in [6, 6.07) is 9.11. The largest absolute Gasteiger partial charge is 0.483 e. The normalized spacial score (nSPS) is 13.5. The third-order valence-corrected chi connectivity index (χ3v) is 5.70. The highest BCUT2D eigenvalue weighted by Crippen LogP contribution is 2.35. The Kier molecular flexibility index (Phi) is 6.57. The van der Waals surface area contributed by atoms with Crippen molar-refractivity contribution >= 4 is 51.3 Å². The average Bonchev–Trinajstić information content (AvgIpc) is 2.64. The molecule has 2 aromatic carbocycles. The van der Waals surface area contributed by atoms with Crippen LogP contribution in [0.15, 0.2) is 39.9 Å². The van der Waals surface area contributed by atoms with Crippen molar-refractivity contribution in [3.05, 3.63) is 61.5 Å². The predicted octanol–water partition coefficient (Wildman–Crippen LogP) is 5.16. The lowest BCUT2D eigenvalue weighted by atomic mass is 9.92. The van der Waals surface area contributed by atoms with E-state index in [1.54, 1.807) is 18.2 Å². The van der Waals surface area contributed by atoms with Crippen LogP contribution in [0.5, 0.6) is 5.75 Å². The lowest BCUT2D eigenvalue weighted by molar-refractivity contribution is -0.123. The van der Waals surface area contributed by atoms with Crippen molar-refractivity contribution in [3.63, 3.8) is 0 Å². The van der Waals surface area contributed by atoms with Crippen molar-refractivity contribution in [2.45, 2.75) is 25.7 Å². The zero-order valence-electron chi connectivity index (χ0n) is 13.9. The van der Waals surface area contributed by atoms with Crippen LogP contribution in [0.1, 0.15) is 29.5 Å². The fourth-order valence-corrected chi connectivity index (χ4v) is 4.05. The van der Waals surface area contributed by atoms with Gasteiger partial charge in [-0.05, 0) is 70.9 Å². The van der Waals surface area contributed by atoms with Crippen LogP contribution in [0.3, 0.4) is 0 Å². The number of carbonyl (C=O) groups is 1. The van der Waals surface area contributed by atoms with Crippen molar-refractivity contribution in [1.29, 1.82) is 0 Å². The molecular formula is C19H17BrCl2N2O2. The smallest absolute Gasteiger partial charge is 0.277 e. The summed E-state index contributed by atoms with van der Waals surface area (Å²) in [4.78, 5) is 11.9. The predicted molar refractivity (Wildman–Crippen MR) is 108 cm³/mol. The summed E-state index contributed by atoms with van der Waals surface area (Å²) in [5, 5.41) is 4.81. The molecule has 136 valence electrons. The molecule has 1 amide bonds. The van der Waals surface area contributed by atoms with E-state index in [2.05, 4.69) is 32.5 Å². The highest BCUT2D eigenvalue weighted by atomic mass is 79.9. The van der Waals surface area contributed by atoms with Gasteiger partial charge in [-0.15, -0.1) is 0 Å². The topological polar surface area (TPSA) is 50.7 Å². The molecule has 0 aromatic heterocycles. The minimum Gasteiger partial charge on any atom is -0.483 e. The summed E-state index contributed by atoms with van der Waals surface area (Å²) in [5.74, 6) is 0.299. The van der Waals surface area contributed by atoms with Gasteiger partial charge in [-0.25, -0.2) is 5.43 Å². The van der Waals surface area contributed by atoms with Crippen LogP contribution >= 0.6 is 39.1 Å². The zero-order chi connectivity index (χ0) is 18.5. The highest BCUT2D eigenvalue weighted by Gasteiger charge is 2.16. The molecule has 7 heteroatoms. The maximum absolute atomic E-state index is 11.9. The van der Waals surface area contributed by atoms with E-state index in [1.807, 2.05) is 6.07 Å². The molecule has 0 unspecified atom stereocenters. The van der Waals surface area contributed by atoms with E-state index in [0.29, 0.717) is 21.4 Å². The van der Waals surface area contributed by atoms with Gasteiger partial charge in [0.2, 0.25) is 0 Å². The number of hydrazone groups is 1. The molecule has 0 bridgehead atoms. The fourth-order valence-electron chi connectivity index (χ4n) is 2.85. The number of rotatable bonds is 5. The SMILES string of the molecule is O=C(COc1ccc2c(c1Br)CCCC2)N/N=C\c1c(Cl)cccc1Cl.